The Labute approximate surface area is 130 Å². The number of hydrogen-bond donors (Lipinski definition) is 9. The molecule has 1 aliphatic heterocycles. The van der Waals surface area contributed by atoms with Crippen LogP contribution in [0.5, 0.6) is 0 Å². The summed E-state index contributed by atoms with van der Waals surface area (Å²) in [6.45, 7) is -1.84. The van der Waals surface area contributed by atoms with Gasteiger partial charge in [0.05, 0.1) is 13.2 Å². The Kier molecular flexibility index (Phi) is 6.97. The van der Waals surface area contributed by atoms with Gasteiger partial charge in [-0.2, -0.15) is 0 Å². The van der Waals surface area contributed by atoms with Crippen molar-refractivity contribution >= 4 is 6.29 Å². The maximum Gasteiger partial charge on any atom is 0.177 e. The van der Waals surface area contributed by atoms with Gasteiger partial charge in [-0.05, 0) is 0 Å². The Morgan fingerprint density at radius 1 is 1.04 bits per heavy atom. The highest BCUT2D eigenvalue weighted by Crippen LogP contribution is 2.31. The van der Waals surface area contributed by atoms with Crippen molar-refractivity contribution in [2.45, 2.75) is 54.4 Å². The van der Waals surface area contributed by atoms with Crippen molar-refractivity contribution in [1.82, 2.24) is 0 Å². The van der Waals surface area contributed by atoms with Crippen LogP contribution in [0, 0.1) is 0 Å². The largest absolute Gasteiger partial charge is 0.394 e. The first kappa shape index (κ1) is 20.3. The normalized spacial score (nSPS) is 38.4. The molecule has 11 nitrogen and oxygen atoms in total. The van der Waals surface area contributed by atoms with Gasteiger partial charge >= 0.3 is 0 Å². The number of aliphatic hydroxyl groups excluding tert-OH is 8. The van der Waals surface area contributed by atoms with Gasteiger partial charge in [-0.15, -0.1) is 0 Å². The molecule has 0 unspecified atom stereocenters. The molecule has 9 N–H and O–H groups in total. The summed E-state index contributed by atoms with van der Waals surface area (Å²) in [5.41, 5.74) is -3.01. The molecule has 1 saturated heterocycles. The van der Waals surface area contributed by atoms with Crippen LogP contribution in [0.1, 0.15) is 0 Å². The molecule has 0 aromatic rings. The molecule has 11 heteroatoms. The summed E-state index contributed by atoms with van der Waals surface area (Å²) in [7, 11) is 0. The fraction of sp³-hybridized carbons (Fsp3) is 0.917. The van der Waals surface area contributed by atoms with Gasteiger partial charge in [0.1, 0.15) is 48.8 Å². The van der Waals surface area contributed by atoms with Crippen molar-refractivity contribution in [3.63, 3.8) is 0 Å². The van der Waals surface area contributed by atoms with Crippen LogP contribution in [0.25, 0.3) is 0 Å². The Morgan fingerprint density at radius 3 is 2.04 bits per heavy atom. The maximum absolute atomic E-state index is 11.2. The molecule has 0 aromatic heterocycles. The molecule has 23 heavy (non-hydrogen) atoms. The number of rotatable bonds is 7. The Hall–Kier alpha value is -0.730. The van der Waals surface area contributed by atoms with Gasteiger partial charge in [0.2, 0.25) is 0 Å². The van der Waals surface area contributed by atoms with E-state index in [1.807, 2.05) is 0 Å². The molecule has 0 radical (unpaired) electrons. The third-order valence-corrected chi connectivity index (χ3v) is 3.92. The van der Waals surface area contributed by atoms with Crippen molar-refractivity contribution in [2.24, 2.45) is 0 Å². The van der Waals surface area contributed by atoms with Crippen LogP contribution in [0.3, 0.4) is 0 Å². The highest BCUT2D eigenvalue weighted by atomic mass is 16.6. The number of carbonyl (C=O) groups is 1. The van der Waals surface area contributed by atoms with Crippen molar-refractivity contribution in [1.29, 1.82) is 0 Å². The summed E-state index contributed by atoms with van der Waals surface area (Å²) in [5.74, 6) is 0. The summed E-state index contributed by atoms with van der Waals surface area (Å²) in [5, 5.41) is 86.1. The van der Waals surface area contributed by atoms with Crippen LogP contribution in [0.2, 0.25) is 0 Å². The third kappa shape index (κ3) is 3.69. The lowest BCUT2D eigenvalue weighted by Gasteiger charge is -2.47. The molecular formula is C12H22O11. The second-order valence-electron chi connectivity index (χ2n) is 5.44. The summed E-state index contributed by atoms with van der Waals surface area (Å²) in [6, 6.07) is 0. The fourth-order valence-corrected chi connectivity index (χ4v) is 2.38. The van der Waals surface area contributed by atoms with Crippen LogP contribution in [-0.2, 0) is 9.53 Å². The van der Waals surface area contributed by atoms with E-state index in [0.717, 1.165) is 0 Å². The van der Waals surface area contributed by atoms with Crippen molar-refractivity contribution in [3.05, 3.63) is 0 Å². The van der Waals surface area contributed by atoms with Crippen molar-refractivity contribution in [3.8, 4) is 0 Å². The molecule has 1 aliphatic rings. The van der Waals surface area contributed by atoms with Gasteiger partial charge in [0.15, 0.2) is 11.9 Å². The van der Waals surface area contributed by atoms with Crippen LogP contribution in [-0.4, -0.2) is 120 Å². The molecule has 136 valence electrons. The Bertz CT molecular complexity index is 391. The molecule has 1 rings (SSSR count). The Morgan fingerprint density at radius 2 is 1.61 bits per heavy atom. The molecule has 1 fully saturated rings. The summed E-state index contributed by atoms with van der Waals surface area (Å²) >= 11 is 0. The standard InChI is InChI=1S/C12H22O11/c13-1-4(16)6(17)10(21)12(22,3-15)11-9(20)8(19)7(18)5(2-14)23-11/h3-11,13-14,16-22H,1-2H2/t4-,5+,6+,7+,8-,9+,10+,11-,12+/m0/s1. The van der Waals surface area contributed by atoms with Gasteiger partial charge in [-0.25, -0.2) is 0 Å². The first-order valence-corrected chi connectivity index (χ1v) is 6.79. The first-order chi connectivity index (χ1) is 10.6. The first-order valence-electron chi connectivity index (χ1n) is 6.79. The molecule has 9 atom stereocenters. The topological polar surface area (TPSA) is 208 Å². The van der Waals surface area contributed by atoms with E-state index < -0.39 is 67.6 Å². The van der Waals surface area contributed by atoms with Crippen LogP contribution < -0.4 is 0 Å². The van der Waals surface area contributed by atoms with E-state index in [1.165, 1.54) is 0 Å². The van der Waals surface area contributed by atoms with Gasteiger partial charge in [-0.3, -0.25) is 4.79 Å². The molecule has 1 heterocycles. The molecule has 0 amide bonds. The minimum Gasteiger partial charge on any atom is -0.394 e. The van der Waals surface area contributed by atoms with E-state index in [0.29, 0.717) is 0 Å². The van der Waals surface area contributed by atoms with Gasteiger partial charge < -0.3 is 50.7 Å². The summed E-state index contributed by atoms with van der Waals surface area (Å²) in [6.07, 6.45) is -16.0. The molecule has 0 saturated carbocycles. The zero-order chi connectivity index (χ0) is 17.9. The highest BCUT2D eigenvalue weighted by molar-refractivity contribution is 5.65. The van der Waals surface area contributed by atoms with E-state index in [2.05, 4.69) is 0 Å². The molecular weight excluding hydrogens is 320 g/mol. The zero-order valence-corrected chi connectivity index (χ0v) is 12.0. The van der Waals surface area contributed by atoms with Crippen molar-refractivity contribution in [2.75, 3.05) is 13.2 Å². The van der Waals surface area contributed by atoms with E-state index in [9.17, 15) is 40.5 Å². The number of carbonyl (C=O) groups excluding carboxylic acids is 1. The van der Waals surface area contributed by atoms with E-state index >= 15 is 0 Å². The number of aldehydes is 1. The molecule has 0 bridgehead atoms. The van der Waals surface area contributed by atoms with E-state index in [4.69, 9.17) is 14.9 Å². The van der Waals surface area contributed by atoms with Crippen molar-refractivity contribution < 1.29 is 55.5 Å². The van der Waals surface area contributed by atoms with Crippen LogP contribution >= 0.6 is 0 Å². The Balaban J connectivity index is 3.12. The second kappa shape index (κ2) is 7.90. The third-order valence-electron chi connectivity index (χ3n) is 3.92. The average Bonchev–Trinajstić information content (AvgIpc) is 2.57. The molecule has 0 aromatic carbocycles. The molecule has 0 aliphatic carbocycles. The zero-order valence-electron chi connectivity index (χ0n) is 12.0. The number of ether oxygens (including phenoxy) is 1. The fourth-order valence-electron chi connectivity index (χ4n) is 2.38. The highest BCUT2D eigenvalue weighted by Gasteiger charge is 2.57. The van der Waals surface area contributed by atoms with Gasteiger partial charge in [-0.1, -0.05) is 0 Å². The summed E-state index contributed by atoms with van der Waals surface area (Å²) < 4.78 is 4.96. The predicted octanol–water partition coefficient (Wildman–Crippen LogP) is -6.17. The van der Waals surface area contributed by atoms with Crippen LogP contribution in [0.4, 0.5) is 0 Å². The lowest BCUT2D eigenvalue weighted by Crippen LogP contribution is -2.70. The van der Waals surface area contributed by atoms with E-state index in [1.54, 1.807) is 0 Å². The SMILES string of the molecule is O=C[C@@](O)([C@H](O)[C@H](O)[C@@H](O)CO)[C@H]1O[C@H](CO)[C@@H](O)[C@H](O)[C@H]1O. The maximum atomic E-state index is 11.2. The van der Waals surface area contributed by atoms with E-state index in [-0.39, 0.29) is 6.29 Å². The lowest BCUT2D eigenvalue weighted by molar-refractivity contribution is -0.283. The molecule has 0 spiro atoms. The van der Waals surface area contributed by atoms with Gasteiger partial charge in [0.25, 0.3) is 0 Å². The predicted molar refractivity (Wildman–Crippen MR) is 69.9 cm³/mol. The minimum atomic E-state index is -3.01. The second-order valence-corrected chi connectivity index (χ2v) is 5.44. The lowest BCUT2D eigenvalue weighted by atomic mass is 9.80. The van der Waals surface area contributed by atoms with Crippen LogP contribution in [0.15, 0.2) is 0 Å². The quantitative estimate of drug-likeness (QED) is 0.199. The summed E-state index contributed by atoms with van der Waals surface area (Å²) in [4.78, 5) is 11.2. The monoisotopic (exact) mass is 342 g/mol. The smallest absolute Gasteiger partial charge is 0.177 e. The average molecular weight is 342 g/mol. The van der Waals surface area contributed by atoms with Gasteiger partial charge in [0, 0.05) is 0 Å². The minimum absolute atomic E-state index is 0.280. The number of aliphatic hydroxyl groups is 9. The number of hydrogen-bond acceptors (Lipinski definition) is 11.